The molecule has 2 rings (SSSR count). The molecule has 0 saturated carbocycles. The van der Waals surface area contributed by atoms with Gasteiger partial charge in [0, 0.05) is 12.6 Å². The van der Waals surface area contributed by atoms with E-state index in [0.717, 1.165) is 38.1 Å². The summed E-state index contributed by atoms with van der Waals surface area (Å²) in [5.74, 6) is 0.109. The van der Waals surface area contributed by atoms with Crippen LogP contribution in [0.25, 0.3) is 0 Å². The fourth-order valence-corrected chi connectivity index (χ4v) is 2.53. The van der Waals surface area contributed by atoms with Gasteiger partial charge >= 0.3 is 6.18 Å². The van der Waals surface area contributed by atoms with Gasteiger partial charge in [-0.2, -0.15) is 13.2 Å². The van der Waals surface area contributed by atoms with Crippen molar-refractivity contribution in [2.75, 3.05) is 33.3 Å². The van der Waals surface area contributed by atoms with E-state index in [4.69, 9.17) is 4.74 Å². The van der Waals surface area contributed by atoms with Crippen molar-refractivity contribution < 1.29 is 23.0 Å². The number of benzene rings is 1. The molecule has 1 saturated heterocycles. The van der Waals surface area contributed by atoms with Crippen LogP contribution in [0, 0.1) is 0 Å². The highest BCUT2D eigenvalue weighted by atomic mass is 19.4. The molecular formula is C16H23F3N2O2. The zero-order valence-corrected chi connectivity index (χ0v) is 13.1. The summed E-state index contributed by atoms with van der Waals surface area (Å²) < 4.78 is 43.1. The highest BCUT2D eigenvalue weighted by molar-refractivity contribution is 5.30. The zero-order chi connectivity index (χ0) is 16.9. The number of aliphatic hydroxyl groups is 1. The Labute approximate surface area is 134 Å². The Morgan fingerprint density at radius 3 is 2.70 bits per heavy atom. The van der Waals surface area contributed by atoms with Crippen LogP contribution in [-0.4, -0.2) is 55.4 Å². The minimum absolute atomic E-state index is 0.0407. The summed E-state index contributed by atoms with van der Waals surface area (Å²) in [6, 6.07) is 5.05. The van der Waals surface area contributed by atoms with Crippen molar-refractivity contribution in [3.8, 4) is 5.75 Å². The first-order valence-corrected chi connectivity index (χ1v) is 7.74. The summed E-state index contributed by atoms with van der Waals surface area (Å²) in [5, 5.41) is 13.2. The van der Waals surface area contributed by atoms with E-state index in [9.17, 15) is 18.3 Å². The van der Waals surface area contributed by atoms with E-state index in [1.807, 2.05) is 0 Å². The van der Waals surface area contributed by atoms with Crippen molar-refractivity contribution in [1.29, 1.82) is 0 Å². The Kier molecular flexibility index (Phi) is 6.26. The summed E-state index contributed by atoms with van der Waals surface area (Å²) in [5.41, 5.74) is -0.756. The van der Waals surface area contributed by atoms with Crippen LogP contribution >= 0.6 is 0 Å². The largest absolute Gasteiger partial charge is 0.491 e. The molecule has 1 aromatic carbocycles. The maximum atomic E-state index is 12.6. The van der Waals surface area contributed by atoms with Gasteiger partial charge in [-0.3, -0.25) is 0 Å². The van der Waals surface area contributed by atoms with E-state index >= 15 is 0 Å². The van der Waals surface area contributed by atoms with Crippen LogP contribution < -0.4 is 10.1 Å². The quantitative estimate of drug-likeness (QED) is 0.838. The average molecular weight is 332 g/mol. The zero-order valence-electron chi connectivity index (χ0n) is 13.1. The number of rotatable bonds is 6. The third-order valence-electron chi connectivity index (χ3n) is 3.96. The third-order valence-corrected chi connectivity index (χ3v) is 3.96. The smallest absolute Gasteiger partial charge is 0.416 e. The molecule has 1 fully saturated rings. The van der Waals surface area contributed by atoms with Crippen LogP contribution in [-0.2, 0) is 6.18 Å². The Morgan fingerprint density at radius 2 is 2.04 bits per heavy atom. The third kappa shape index (κ3) is 6.01. The topological polar surface area (TPSA) is 44.7 Å². The average Bonchev–Trinajstić information content (AvgIpc) is 2.52. The standard InChI is InChI=1S/C16H23F3N2O2/c1-21-7-5-13(6-8-21)20-10-14(22)11-23-15-4-2-3-12(9-15)16(17,18)19/h2-4,9,13-14,20,22H,5-8,10-11H2,1H3. The number of ether oxygens (including phenoxy) is 1. The SMILES string of the molecule is CN1CCC(NCC(O)COc2cccc(C(F)(F)F)c2)CC1. The molecule has 1 atom stereocenters. The number of piperidine rings is 1. The van der Waals surface area contributed by atoms with Crippen molar-refractivity contribution in [2.45, 2.75) is 31.2 Å². The number of hydrogen-bond acceptors (Lipinski definition) is 4. The number of nitrogens with one attached hydrogen (secondary N) is 1. The van der Waals surface area contributed by atoms with Crippen LogP contribution in [0.3, 0.4) is 0 Å². The van der Waals surface area contributed by atoms with Gasteiger partial charge in [-0.25, -0.2) is 0 Å². The van der Waals surface area contributed by atoms with Crippen LogP contribution in [0.2, 0.25) is 0 Å². The normalized spacial score (nSPS) is 18.8. The number of hydrogen-bond donors (Lipinski definition) is 2. The number of alkyl halides is 3. The molecule has 0 amide bonds. The maximum Gasteiger partial charge on any atom is 0.416 e. The Bertz CT molecular complexity index is 488. The summed E-state index contributed by atoms with van der Waals surface area (Å²) in [4.78, 5) is 2.26. The van der Waals surface area contributed by atoms with E-state index in [1.165, 1.54) is 12.1 Å². The molecule has 1 aromatic rings. The van der Waals surface area contributed by atoms with E-state index in [0.29, 0.717) is 12.6 Å². The molecule has 1 unspecified atom stereocenters. The minimum atomic E-state index is -4.40. The van der Waals surface area contributed by atoms with Gasteiger partial charge in [0.25, 0.3) is 0 Å². The van der Waals surface area contributed by atoms with Gasteiger partial charge in [0.2, 0.25) is 0 Å². The summed E-state index contributed by atoms with van der Waals surface area (Å²) in [6.07, 6.45) is -3.10. The molecule has 2 N–H and O–H groups in total. The number of aliphatic hydroxyl groups excluding tert-OH is 1. The predicted molar refractivity (Wildman–Crippen MR) is 81.5 cm³/mol. The second kappa shape index (κ2) is 7.99. The first-order chi connectivity index (χ1) is 10.8. The Balaban J connectivity index is 1.73. The van der Waals surface area contributed by atoms with E-state index in [2.05, 4.69) is 17.3 Å². The lowest BCUT2D eigenvalue weighted by molar-refractivity contribution is -0.137. The molecule has 4 nitrogen and oxygen atoms in total. The van der Waals surface area contributed by atoms with Gasteiger partial charge in [0.05, 0.1) is 5.56 Å². The van der Waals surface area contributed by atoms with Gasteiger partial charge < -0.3 is 20.1 Å². The highest BCUT2D eigenvalue weighted by Crippen LogP contribution is 2.31. The van der Waals surface area contributed by atoms with Crippen LogP contribution in [0.4, 0.5) is 13.2 Å². The van der Waals surface area contributed by atoms with Crippen molar-refractivity contribution in [2.24, 2.45) is 0 Å². The fraction of sp³-hybridized carbons (Fsp3) is 0.625. The number of likely N-dealkylation sites (tertiary alicyclic amines) is 1. The molecule has 0 aromatic heterocycles. The minimum Gasteiger partial charge on any atom is -0.491 e. The van der Waals surface area contributed by atoms with Crippen molar-refractivity contribution in [3.63, 3.8) is 0 Å². The van der Waals surface area contributed by atoms with Crippen molar-refractivity contribution >= 4 is 0 Å². The summed E-state index contributed by atoms with van der Waals surface area (Å²) in [6.45, 7) is 2.37. The molecule has 130 valence electrons. The second-order valence-corrected chi connectivity index (χ2v) is 5.98. The molecule has 0 bridgehead atoms. The fourth-order valence-electron chi connectivity index (χ4n) is 2.53. The molecule has 7 heteroatoms. The monoisotopic (exact) mass is 332 g/mol. The predicted octanol–water partition coefficient (Wildman–Crippen LogP) is 2.13. The van der Waals surface area contributed by atoms with Gasteiger partial charge in [0.1, 0.15) is 18.5 Å². The highest BCUT2D eigenvalue weighted by Gasteiger charge is 2.30. The molecular weight excluding hydrogens is 309 g/mol. The molecule has 1 heterocycles. The Morgan fingerprint density at radius 1 is 1.35 bits per heavy atom. The lowest BCUT2D eigenvalue weighted by Crippen LogP contribution is -2.44. The van der Waals surface area contributed by atoms with E-state index in [1.54, 1.807) is 0 Å². The molecule has 0 spiro atoms. The van der Waals surface area contributed by atoms with Gasteiger partial charge in [-0.1, -0.05) is 6.07 Å². The number of nitrogens with zero attached hydrogens (tertiary/aromatic N) is 1. The first-order valence-electron chi connectivity index (χ1n) is 7.74. The Hall–Kier alpha value is -1.31. The van der Waals surface area contributed by atoms with Crippen molar-refractivity contribution in [1.82, 2.24) is 10.2 Å². The van der Waals surface area contributed by atoms with Crippen molar-refractivity contribution in [3.05, 3.63) is 29.8 Å². The summed E-state index contributed by atoms with van der Waals surface area (Å²) >= 11 is 0. The molecule has 1 aliphatic heterocycles. The van der Waals surface area contributed by atoms with Crippen LogP contribution in [0.15, 0.2) is 24.3 Å². The van der Waals surface area contributed by atoms with Crippen LogP contribution in [0.1, 0.15) is 18.4 Å². The molecule has 1 aliphatic rings. The lowest BCUT2D eigenvalue weighted by atomic mass is 10.1. The lowest BCUT2D eigenvalue weighted by Gasteiger charge is -2.30. The summed E-state index contributed by atoms with van der Waals surface area (Å²) in [7, 11) is 2.08. The van der Waals surface area contributed by atoms with Gasteiger partial charge in [-0.05, 0) is 51.2 Å². The van der Waals surface area contributed by atoms with Gasteiger partial charge in [-0.15, -0.1) is 0 Å². The maximum absolute atomic E-state index is 12.6. The van der Waals surface area contributed by atoms with E-state index < -0.39 is 17.8 Å². The molecule has 23 heavy (non-hydrogen) atoms. The second-order valence-electron chi connectivity index (χ2n) is 5.98. The van der Waals surface area contributed by atoms with E-state index in [-0.39, 0.29) is 12.4 Å². The van der Waals surface area contributed by atoms with Crippen LogP contribution in [0.5, 0.6) is 5.75 Å². The number of halogens is 3. The molecule has 0 aliphatic carbocycles. The first kappa shape index (κ1) is 18.0. The van der Waals surface area contributed by atoms with Gasteiger partial charge in [0.15, 0.2) is 0 Å². The molecule has 0 radical (unpaired) electrons.